The zero-order valence-electron chi connectivity index (χ0n) is 13.0. The van der Waals surface area contributed by atoms with Crippen molar-refractivity contribution in [2.24, 2.45) is 5.92 Å². The van der Waals surface area contributed by atoms with Gasteiger partial charge in [-0.3, -0.25) is 0 Å². The molecule has 0 spiro atoms. The molecule has 0 saturated carbocycles. The van der Waals surface area contributed by atoms with E-state index >= 15 is 0 Å². The maximum atomic E-state index is 9.21. The van der Waals surface area contributed by atoms with Gasteiger partial charge in [0, 0.05) is 5.56 Å². The standard InChI is InChI=1S/C17H27NO3/c1-15-6-8-18(9-7-15)10-11-20-12-13-21-17-5-3-2-4-16(17)14-19/h2-5,15,19H,6-14H2,1H3/p+1. The fourth-order valence-electron chi connectivity index (χ4n) is 2.72. The SMILES string of the molecule is CC1CC[NH+](CCOCCOc2ccccc2CO)CC1. The summed E-state index contributed by atoms with van der Waals surface area (Å²) in [6, 6.07) is 7.56. The first-order valence-corrected chi connectivity index (χ1v) is 8.02. The summed E-state index contributed by atoms with van der Waals surface area (Å²) in [6.07, 6.45) is 2.69. The maximum Gasteiger partial charge on any atom is 0.124 e. The molecule has 1 aromatic carbocycles. The molecule has 0 radical (unpaired) electrons. The third-order valence-corrected chi connectivity index (χ3v) is 4.21. The van der Waals surface area contributed by atoms with Crippen LogP contribution in [-0.2, 0) is 11.3 Å². The lowest BCUT2D eigenvalue weighted by Gasteiger charge is -2.27. The van der Waals surface area contributed by atoms with Crippen LogP contribution in [0.25, 0.3) is 0 Å². The van der Waals surface area contributed by atoms with Crippen molar-refractivity contribution in [2.75, 3.05) is 39.5 Å². The lowest BCUT2D eigenvalue weighted by molar-refractivity contribution is -0.906. The molecule has 0 bridgehead atoms. The molecule has 1 aliphatic heterocycles. The highest BCUT2D eigenvalue weighted by Gasteiger charge is 2.18. The molecule has 21 heavy (non-hydrogen) atoms. The number of ether oxygens (including phenoxy) is 2. The Hall–Kier alpha value is -1.10. The molecule has 0 aliphatic carbocycles. The minimum atomic E-state index is 0.00771. The van der Waals surface area contributed by atoms with E-state index in [9.17, 15) is 5.11 Å². The number of hydrogen-bond donors (Lipinski definition) is 2. The number of aliphatic hydroxyl groups is 1. The van der Waals surface area contributed by atoms with Gasteiger partial charge in [0.1, 0.15) is 18.9 Å². The summed E-state index contributed by atoms with van der Waals surface area (Å²) in [6.45, 7) is 7.94. The molecule has 1 heterocycles. The third-order valence-electron chi connectivity index (χ3n) is 4.21. The van der Waals surface area contributed by atoms with Gasteiger partial charge in [0.05, 0.1) is 32.9 Å². The lowest BCUT2D eigenvalue weighted by atomic mass is 9.99. The van der Waals surface area contributed by atoms with E-state index in [1.165, 1.54) is 25.9 Å². The van der Waals surface area contributed by atoms with E-state index in [0.717, 1.165) is 30.4 Å². The Morgan fingerprint density at radius 2 is 1.90 bits per heavy atom. The van der Waals surface area contributed by atoms with Gasteiger partial charge in [-0.25, -0.2) is 0 Å². The van der Waals surface area contributed by atoms with E-state index in [-0.39, 0.29) is 6.61 Å². The average Bonchev–Trinajstić information content (AvgIpc) is 2.53. The summed E-state index contributed by atoms with van der Waals surface area (Å²) in [5.41, 5.74) is 0.824. The summed E-state index contributed by atoms with van der Waals surface area (Å²) < 4.78 is 11.3. The highest BCUT2D eigenvalue weighted by Crippen LogP contribution is 2.17. The van der Waals surface area contributed by atoms with Crippen LogP contribution in [0, 0.1) is 5.92 Å². The van der Waals surface area contributed by atoms with Gasteiger partial charge >= 0.3 is 0 Å². The predicted octanol–water partition coefficient (Wildman–Crippen LogP) is 0.889. The van der Waals surface area contributed by atoms with Crippen LogP contribution in [0.15, 0.2) is 24.3 Å². The molecule has 2 rings (SSSR count). The van der Waals surface area contributed by atoms with Gasteiger partial charge in [0.15, 0.2) is 0 Å². The number of likely N-dealkylation sites (tertiary alicyclic amines) is 1. The highest BCUT2D eigenvalue weighted by atomic mass is 16.5. The fraction of sp³-hybridized carbons (Fsp3) is 0.647. The Bertz CT molecular complexity index is 403. The second-order valence-corrected chi connectivity index (χ2v) is 5.91. The zero-order valence-corrected chi connectivity index (χ0v) is 13.0. The van der Waals surface area contributed by atoms with Crippen molar-refractivity contribution in [3.8, 4) is 5.75 Å². The van der Waals surface area contributed by atoms with E-state index in [1.54, 1.807) is 4.90 Å². The number of aliphatic hydroxyl groups excluding tert-OH is 1. The zero-order chi connectivity index (χ0) is 14.9. The molecule has 4 heteroatoms. The van der Waals surface area contributed by atoms with Crippen LogP contribution in [0.5, 0.6) is 5.75 Å². The van der Waals surface area contributed by atoms with Gasteiger partial charge < -0.3 is 19.5 Å². The molecule has 1 aliphatic rings. The topological polar surface area (TPSA) is 43.1 Å². The normalized spacial score (nSPS) is 22.2. The van der Waals surface area contributed by atoms with Gasteiger partial charge in [-0.05, 0) is 24.8 Å². The average molecular weight is 294 g/mol. The molecule has 1 saturated heterocycles. The van der Waals surface area contributed by atoms with Crippen molar-refractivity contribution in [1.29, 1.82) is 0 Å². The van der Waals surface area contributed by atoms with Crippen LogP contribution >= 0.6 is 0 Å². The number of hydrogen-bond acceptors (Lipinski definition) is 3. The molecule has 118 valence electrons. The van der Waals surface area contributed by atoms with Gasteiger partial charge in [-0.2, -0.15) is 0 Å². The first kappa shape index (κ1) is 16.3. The van der Waals surface area contributed by atoms with Crippen LogP contribution in [0.1, 0.15) is 25.3 Å². The Morgan fingerprint density at radius 3 is 2.67 bits per heavy atom. The molecular weight excluding hydrogens is 266 g/mol. The summed E-state index contributed by atoms with van der Waals surface area (Å²) >= 11 is 0. The van der Waals surface area contributed by atoms with Gasteiger partial charge in [-0.1, -0.05) is 25.1 Å². The van der Waals surface area contributed by atoms with Crippen molar-refractivity contribution in [3.05, 3.63) is 29.8 Å². The summed E-state index contributed by atoms with van der Waals surface area (Å²) in [5.74, 6) is 1.65. The first-order valence-electron chi connectivity index (χ1n) is 8.02. The Kier molecular flexibility index (Phi) is 7.00. The largest absolute Gasteiger partial charge is 0.491 e. The smallest absolute Gasteiger partial charge is 0.124 e. The monoisotopic (exact) mass is 294 g/mol. The summed E-state index contributed by atoms with van der Waals surface area (Å²) in [5, 5.41) is 9.21. The fourth-order valence-corrected chi connectivity index (χ4v) is 2.72. The lowest BCUT2D eigenvalue weighted by Crippen LogP contribution is -3.13. The number of piperidine rings is 1. The van der Waals surface area contributed by atoms with Crippen molar-refractivity contribution < 1.29 is 19.5 Å². The second kappa shape index (κ2) is 9.03. The van der Waals surface area contributed by atoms with Crippen LogP contribution in [-0.4, -0.2) is 44.6 Å². The van der Waals surface area contributed by atoms with Crippen LogP contribution in [0.2, 0.25) is 0 Å². The highest BCUT2D eigenvalue weighted by molar-refractivity contribution is 5.32. The van der Waals surface area contributed by atoms with Crippen LogP contribution in [0.3, 0.4) is 0 Å². The number of quaternary nitrogens is 1. The Balaban J connectivity index is 1.54. The summed E-state index contributed by atoms with van der Waals surface area (Å²) in [7, 11) is 0. The minimum absolute atomic E-state index is 0.00771. The molecule has 0 unspecified atom stereocenters. The number of nitrogens with one attached hydrogen (secondary N) is 1. The van der Waals surface area contributed by atoms with E-state index in [0.29, 0.717) is 13.2 Å². The number of para-hydroxylation sites is 1. The molecule has 1 aromatic rings. The molecule has 4 nitrogen and oxygen atoms in total. The molecule has 0 aromatic heterocycles. The molecule has 0 atom stereocenters. The van der Waals surface area contributed by atoms with E-state index in [1.807, 2.05) is 24.3 Å². The van der Waals surface area contributed by atoms with E-state index in [4.69, 9.17) is 9.47 Å². The quantitative estimate of drug-likeness (QED) is 0.700. The first-order chi connectivity index (χ1) is 10.3. The molecular formula is C17H28NO3+. The van der Waals surface area contributed by atoms with Crippen molar-refractivity contribution >= 4 is 0 Å². The third kappa shape index (κ3) is 5.65. The van der Waals surface area contributed by atoms with E-state index < -0.39 is 0 Å². The molecule has 1 fully saturated rings. The number of rotatable bonds is 8. The van der Waals surface area contributed by atoms with E-state index in [2.05, 4.69) is 6.92 Å². The maximum absolute atomic E-state index is 9.21. The van der Waals surface area contributed by atoms with Crippen LogP contribution < -0.4 is 9.64 Å². The van der Waals surface area contributed by atoms with Gasteiger partial charge in [-0.15, -0.1) is 0 Å². The number of benzene rings is 1. The van der Waals surface area contributed by atoms with Crippen molar-refractivity contribution in [2.45, 2.75) is 26.4 Å². The molecule has 2 N–H and O–H groups in total. The van der Waals surface area contributed by atoms with Gasteiger partial charge in [0.2, 0.25) is 0 Å². The van der Waals surface area contributed by atoms with Crippen LogP contribution in [0.4, 0.5) is 0 Å². The second-order valence-electron chi connectivity index (χ2n) is 5.91. The predicted molar refractivity (Wildman–Crippen MR) is 82.6 cm³/mol. The molecule has 0 amide bonds. The van der Waals surface area contributed by atoms with Crippen molar-refractivity contribution in [1.82, 2.24) is 0 Å². The van der Waals surface area contributed by atoms with Gasteiger partial charge in [0.25, 0.3) is 0 Å². The Labute approximate surface area is 127 Å². The Morgan fingerprint density at radius 1 is 1.14 bits per heavy atom. The summed E-state index contributed by atoms with van der Waals surface area (Å²) in [4.78, 5) is 1.67. The van der Waals surface area contributed by atoms with Crippen molar-refractivity contribution in [3.63, 3.8) is 0 Å². The minimum Gasteiger partial charge on any atom is -0.491 e.